The van der Waals surface area contributed by atoms with Crippen LogP contribution in [0.5, 0.6) is 0 Å². The summed E-state index contributed by atoms with van der Waals surface area (Å²) in [5.74, 6) is 0. The van der Waals surface area contributed by atoms with Crippen molar-refractivity contribution in [3.8, 4) is 0 Å². The molecule has 0 saturated heterocycles. The molecule has 0 aliphatic carbocycles. The molecule has 2 unspecified atom stereocenters. The summed E-state index contributed by atoms with van der Waals surface area (Å²) < 4.78 is 0. The Morgan fingerprint density at radius 1 is 1.16 bits per heavy atom. The van der Waals surface area contributed by atoms with Gasteiger partial charge in [-0.2, -0.15) is 0 Å². The van der Waals surface area contributed by atoms with E-state index in [1.165, 1.54) is 24.8 Å². The Morgan fingerprint density at radius 3 is 2.42 bits per heavy atom. The van der Waals surface area contributed by atoms with Crippen LogP contribution in [0, 0.1) is 0 Å². The second-order valence-corrected chi connectivity index (χ2v) is 5.44. The van der Waals surface area contributed by atoms with Crippen molar-refractivity contribution in [3.05, 3.63) is 35.9 Å². The Balaban J connectivity index is 2.55. The van der Waals surface area contributed by atoms with Gasteiger partial charge in [-0.25, -0.2) is 0 Å². The standard InChI is InChI=1S/C17H30N2/c1-5-13-18-17(16-10-8-7-9-11-16)12-14-19(4)15(3)6-2/h7-11,15,17-18H,5-6,12-14H2,1-4H3. The normalized spacial score (nSPS) is 14.6. The molecule has 0 spiro atoms. The van der Waals surface area contributed by atoms with Gasteiger partial charge in [-0.15, -0.1) is 0 Å². The van der Waals surface area contributed by atoms with Gasteiger partial charge in [-0.1, -0.05) is 44.2 Å². The molecule has 0 aromatic heterocycles. The lowest BCUT2D eigenvalue weighted by molar-refractivity contribution is 0.237. The molecule has 0 aliphatic rings. The molecule has 1 rings (SSSR count). The minimum absolute atomic E-state index is 0.479. The zero-order valence-corrected chi connectivity index (χ0v) is 13.0. The lowest BCUT2D eigenvalue weighted by atomic mass is 10.0. The Hall–Kier alpha value is -0.860. The Kier molecular flexibility index (Phi) is 7.76. The van der Waals surface area contributed by atoms with E-state index in [0.29, 0.717) is 12.1 Å². The minimum atomic E-state index is 0.479. The number of benzene rings is 1. The van der Waals surface area contributed by atoms with E-state index in [4.69, 9.17) is 0 Å². The van der Waals surface area contributed by atoms with Gasteiger partial charge >= 0.3 is 0 Å². The van der Waals surface area contributed by atoms with Gasteiger partial charge in [-0.05, 0) is 51.9 Å². The fraction of sp³-hybridized carbons (Fsp3) is 0.647. The summed E-state index contributed by atoms with van der Waals surface area (Å²) in [6, 6.07) is 12.0. The molecule has 0 fully saturated rings. The second-order valence-electron chi connectivity index (χ2n) is 5.44. The topological polar surface area (TPSA) is 15.3 Å². The van der Waals surface area contributed by atoms with Crippen molar-refractivity contribution in [3.63, 3.8) is 0 Å². The maximum absolute atomic E-state index is 3.67. The predicted octanol–water partition coefficient (Wildman–Crippen LogP) is 3.85. The lowest BCUT2D eigenvalue weighted by Crippen LogP contribution is -2.32. The van der Waals surface area contributed by atoms with E-state index in [1.807, 2.05) is 0 Å². The van der Waals surface area contributed by atoms with Crippen molar-refractivity contribution in [1.82, 2.24) is 10.2 Å². The SMILES string of the molecule is CCCNC(CCN(C)C(C)CC)c1ccccc1. The first kappa shape index (κ1) is 16.2. The first-order valence-corrected chi connectivity index (χ1v) is 7.67. The minimum Gasteiger partial charge on any atom is -0.310 e. The Labute approximate surface area is 119 Å². The van der Waals surface area contributed by atoms with Crippen LogP contribution >= 0.6 is 0 Å². The second kappa shape index (κ2) is 9.11. The molecule has 1 aromatic rings. The van der Waals surface area contributed by atoms with E-state index in [1.54, 1.807) is 0 Å². The van der Waals surface area contributed by atoms with Crippen LogP contribution in [-0.2, 0) is 0 Å². The number of rotatable bonds is 9. The van der Waals surface area contributed by atoms with Gasteiger partial charge in [0.05, 0.1) is 0 Å². The van der Waals surface area contributed by atoms with Crippen LogP contribution in [0.15, 0.2) is 30.3 Å². The summed E-state index contributed by atoms with van der Waals surface area (Å²) >= 11 is 0. The average Bonchev–Trinajstić information content (AvgIpc) is 2.47. The maximum atomic E-state index is 3.67. The van der Waals surface area contributed by atoms with Crippen LogP contribution < -0.4 is 5.32 Å². The van der Waals surface area contributed by atoms with E-state index >= 15 is 0 Å². The highest BCUT2D eigenvalue weighted by atomic mass is 15.1. The molecular weight excluding hydrogens is 232 g/mol. The summed E-state index contributed by atoms with van der Waals surface area (Å²) in [5.41, 5.74) is 1.41. The molecule has 0 radical (unpaired) electrons. The highest BCUT2D eigenvalue weighted by molar-refractivity contribution is 5.18. The molecule has 2 atom stereocenters. The van der Waals surface area contributed by atoms with Crippen LogP contribution in [0.4, 0.5) is 0 Å². The molecule has 0 amide bonds. The fourth-order valence-corrected chi connectivity index (χ4v) is 2.26. The van der Waals surface area contributed by atoms with E-state index in [0.717, 1.165) is 13.1 Å². The number of hydrogen-bond acceptors (Lipinski definition) is 2. The zero-order valence-electron chi connectivity index (χ0n) is 13.0. The Bertz CT molecular complexity index is 323. The van der Waals surface area contributed by atoms with Gasteiger partial charge in [0.1, 0.15) is 0 Å². The van der Waals surface area contributed by atoms with Crippen molar-refractivity contribution >= 4 is 0 Å². The quantitative estimate of drug-likeness (QED) is 0.727. The molecule has 0 aliphatic heterocycles. The number of nitrogens with one attached hydrogen (secondary N) is 1. The van der Waals surface area contributed by atoms with Gasteiger partial charge in [0, 0.05) is 12.1 Å². The molecule has 0 saturated carbocycles. The highest BCUT2D eigenvalue weighted by Gasteiger charge is 2.13. The van der Waals surface area contributed by atoms with Crippen LogP contribution in [0.3, 0.4) is 0 Å². The maximum Gasteiger partial charge on any atom is 0.0332 e. The lowest BCUT2D eigenvalue weighted by Gasteiger charge is -2.27. The monoisotopic (exact) mass is 262 g/mol. The van der Waals surface area contributed by atoms with Crippen LogP contribution in [-0.4, -0.2) is 31.1 Å². The van der Waals surface area contributed by atoms with E-state index in [-0.39, 0.29) is 0 Å². The summed E-state index contributed by atoms with van der Waals surface area (Å²) in [6.45, 7) is 9.01. The molecule has 1 aromatic carbocycles. The third-order valence-electron chi connectivity index (χ3n) is 3.96. The predicted molar refractivity (Wildman–Crippen MR) is 84.5 cm³/mol. The fourth-order valence-electron chi connectivity index (χ4n) is 2.26. The van der Waals surface area contributed by atoms with Crippen molar-refractivity contribution < 1.29 is 0 Å². The molecular formula is C17H30N2. The van der Waals surface area contributed by atoms with Crippen molar-refractivity contribution in [2.45, 2.75) is 52.1 Å². The molecule has 19 heavy (non-hydrogen) atoms. The van der Waals surface area contributed by atoms with Crippen LogP contribution in [0.25, 0.3) is 0 Å². The summed E-state index contributed by atoms with van der Waals surface area (Å²) in [5, 5.41) is 3.67. The number of nitrogens with zero attached hydrogens (tertiary/aromatic N) is 1. The zero-order chi connectivity index (χ0) is 14.1. The first-order chi connectivity index (χ1) is 9.19. The molecule has 0 heterocycles. The molecule has 0 bridgehead atoms. The van der Waals surface area contributed by atoms with E-state index < -0.39 is 0 Å². The van der Waals surface area contributed by atoms with Crippen molar-refractivity contribution in [2.75, 3.05) is 20.1 Å². The van der Waals surface area contributed by atoms with Gasteiger partial charge in [0.2, 0.25) is 0 Å². The van der Waals surface area contributed by atoms with Gasteiger partial charge < -0.3 is 10.2 Å². The van der Waals surface area contributed by atoms with Gasteiger partial charge in [-0.3, -0.25) is 0 Å². The summed E-state index contributed by atoms with van der Waals surface area (Å²) in [7, 11) is 2.23. The summed E-state index contributed by atoms with van der Waals surface area (Å²) in [4.78, 5) is 2.46. The summed E-state index contributed by atoms with van der Waals surface area (Å²) in [6.07, 6.45) is 3.57. The van der Waals surface area contributed by atoms with Crippen LogP contribution in [0.1, 0.15) is 51.6 Å². The number of hydrogen-bond donors (Lipinski definition) is 1. The van der Waals surface area contributed by atoms with Gasteiger partial charge in [0.15, 0.2) is 0 Å². The van der Waals surface area contributed by atoms with Crippen molar-refractivity contribution in [1.29, 1.82) is 0 Å². The molecule has 1 N–H and O–H groups in total. The molecule has 2 heteroatoms. The smallest absolute Gasteiger partial charge is 0.0332 e. The van der Waals surface area contributed by atoms with Crippen LogP contribution in [0.2, 0.25) is 0 Å². The van der Waals surface area contributed by atoms with Crippen molar-refractivity contribution in [2.24, 2.45) is 0 Å². The van der Waals surface area contributed by atoms with Gasteiger partial charge in [0.25, 0.3) is 0 Å². The van der Waals surface area contributed by atoms with E-state index in [2.05, 4.69) is 68.4 Å². The molecule has 2 nitrogen and oxygen atoms in total. The average molecular weight is 262 g/mol. The Morgan fingerprint density at radius 2 is 1.84 bits per heavy atom. The first-order valence-electron chi connectivity index (χ1n) is 7.67. The third-order valence-corrected chi connectivity index (χ3v) is 3.96. The largest absolute Gasteiger partial charge is 0.310 e. The van der Waals surface area contributed by atoms with E-state index in [9.17, 15) is 0 Å². The molecule has 108 valence electrons. The highest BCUT2D eigenvalue weighted by Crippen LogP contribution is 2.17. The third kappa shape index (κ3) is 5.75.